The van der Waals surface area contributed by atoms with E-state index in [1.165, 1.54) is 56.9 Å². The van der Waals surface area contributed by atoms with E-state index in [0.29, 0.717) is 24.8 Å². The second kappa shape index (κ2) is 12.7. The minimum Gasteiger partial charge on any atom is -0.394 e. The van der Waals surface area contributed by atoms with Crippen LogP contribution in [-0.4, -0.2) is 51.8 Å². The summed E-state index contributed by atoms with van der Waals surface area (Å²) in [4.78, 5) is 18.4. The molecule has 2 aromatic rings. The molecule has 1 fully saturated rings. The quantitative estimate of drug-likeness (QED) is 0.453. The van der Waals surface area contributed by atoms with E-state index < -0.39 is 6.04 Å². The molecule has 2 atom stereocenters. The molecular formula is C25H38N4O3. The molecule has 1 aliphatic rings. The average molecular weight is 443 g/mol. The number of aliphatic hydroxyl groups is 1. The van der Waals surface area contributed by atoms with E-state index >= 15 is 0 Å². The molecule has 176 valence electrons. The van der Waals surface area contributed by atoms with Gasteiger partial charge in [0.05, 0.1) is 12.5 Å². The highest BCUT2D eigenvalue weighted by Gasteiger charge is 2.33. The van der Waals surface area contributed by atoms with Crippen LogP contribution < -0.4 is 5.73 Å². The van der Waals surface area contributed by atoms with Crippen molar-refractivity contribution < 1.29 is 14.4 Å². The molecule has 1 aromatic heterocycles. The van der Waals surface area contributed by atoms with Gasteiger partial charge < -0.3 is 20.3 Å². The van der Waals surface area contributed by atoms with Crippen molar-refractivity contribution >= 4 is 5.91 Å². The number of nitrogens with zero attached hydrogens (tertiary/aromatic N) is 3. The number of nitrogens with two attached hydrogens (primary N) is 1. The van der Waals surface area contributed by atoms with Gasteiger partial charge in [0.2, 0.25) is 17.6 Å². The van der Waals surface area contributed by atoms with Crippen molar-refractivity contribution in [2.75, 3.05) is 19.7 Å². The van der Waals surface area contributed by atoms with Crippen LogP contribution >= 0.6 is 0 Å². The first kappa shape index (κ1) is 24.4. The number of hydrogen-bond acceptors (Lipinski definition) is 6. The van der Waals surface area contributed by atoms with Gasteiger partial charge in [-0.25, -0.2) is 0 Å². The van der Waals surface area contributed by atoms with E-state index in [2.05, 4.69) is 41.3 Å². The number of likely N-dealkylation sites (tertiary alicyclic amines) is 1. The van der Waals surface area contributed by atoms with E-state index in [-0.39, 0.29) is 18.4 Å². The first-order valence-corrected chi connectivity index (χ1v) is 12.2. The molecular weight excluding hydrogens is 404 g/mol. The molecule has 1 aliphatic heterocycles. The first-order chi connectivity index (χ1) is 15.6. The number of aryl methyl sites for hydroxylation is 1. The predicted octanol–water partition coefficient (Wildman–Crippen LogP) is 4.06. The van der Waals surface area contributed by atoms with Crippen molar-refractivity contribution in [2.45, 2.75) is 83.1 Å². The molecule has 7 nitrogen and oxygen atoms in total. The summed E-state index contributed by atoms with van der Waals surface area (Å²) in [7, 11) is 0. The summed E-state index contributed by atoms with van der Waals surface area (Å²) in [5.74, 6) is 0.903. The molecule has 1 saturated heterocycles. The second-order valence-electron chi connectivity index (χ2n) is 8.94. The van der Waals surface area contributed by atoms with E-state index in [1.54, 1.807) is 4.90 Å². The van der Waals surface area contributed by atoms with Gasteiger partial charge in [0.15, 0.2) is 0 Å². The summed E-state index contributed by atoms with van der Waals surface area (Å²) in [6.45, 7) is 2.99. The Morgan fingerprint density at radius 2 is 1.84 bits per heavy atom. The van der Waals surface area contributed by atoms with Crippen LogP contribution in [0.2, 0.25) is 0 Å². The van der Waals surface area contributed by atoms with Crippen LogP contribution in [-0.2, 0) is 11.2 Å². The summed E-state index contributed by atoms with van der Waals surface area (Å²) in [5.41, 5.74) is 7.93. The van der Waals surface area contributed by atoms with Crippen LogP contribution in [0.4, 0.5) is 0 Å². The topological polar surface area (TPSA) is 105 Å². The van der Waals surface area contributed by atoms with E-state index in [4.69, 9.17) is 15.4 Å². The third-order valence-electron chi connectivity index (χ3n) is 6.34. The van der Waals surface area contributed by atoms with Gasteiger partial charge in [-0.3, -0.25) is 4.79 Å². The standard InChI is InChI=1S/C25H38N4O3/c1-2-3-4-5-6-7-8-9-10-19-11-13-20(14-12-19)23-27-24(32-28-23)21-15-16-29(17-21)25(31)22(26)18-30/h11-14,21-22,30H,2-10,15-18,26H2,1H3/t21-,22?/m1/s1. The Bertz CT molecular complexity index is 821. The Hall–Kier alpha value is -2.25. The monoisotopic (exact) mass is 442 g/mol. The number of amides is 1. The van der Waals surface area contributed by atoms with Crippen LogP contribution in [0, 0.1) is 0 Å². The molecule has 1 aromatic carbocycles. The fourth-order valence-corrected chi connectivity index (χ4v) is 4.28. The Morgan fingerprint density at radius 3 is 2.53 bits per heavy atom. The second-order valence-corrected chi connectivity index (χ2v) is 8.94. The predicted molar refractivity (Wildman–Crippen MR) is 125 cm³/mol. The number of unbranched alkanes of at least 4 members (excludes halogenated alkanes) is 7. The fraction of sp³-hybridized carbons (Fsp3) is 0.640. The molecule has 3 N–H and O–H groups in total. The smallest absolute Gasteiger partial charge is 0.241 e. The van der Waals surface area contributed by atoms with Crippen molar-refractivity contribution in [1.29, 1.82) is 0 Å². The third-order valence-corrected chi connectivity index (χ3v) is 6.34. The maximum absolute atomic E-state index is 12.2. The zero-order valence-corrected chi connectivity index (χ0v) is 19.3. The van der Waals surface area contributed by atoms with Crippen molar-refractivity contribution in [3.8, 4) is 11.4 Å². The number of carbonyl (C=O) groups is 1. The molecule has 0 aliphatic carbocycles. The number of rotatable bonds is 13. The van der Waals surface area contributed by atoms with Crippen LogP contribution in [0.3, 0.4) is 0 Å². The number of benzene rings is 1. The van der Waals surface area contributed by atoms with Crippen molar-refractivity contribution in [3.05, 3.63) is 35.7 Å². The Labute approximate surface area is 191 Å². The van der Waals surface area contributed by atoms with Gasteiger partial charge in [-0.05, 0) is 24.8 Å². The maximum atomic E-state index is 12.2. The normalized spacial score (nSPS) is 17.1. The summed E-state index contributed by atoms with van der Waals surface area (Å²) in [6.07, 6.45) is 12.5. The van der Waals surface area contributed by atoms with Crippen LogP contribution in [0.5, 0.6) is 0 Å². The first-order valence-electron chi connectivity index (χ1n) is 12.2. The molecule has 32 heavy (non-hydrogen) atoms. The highest BCUT2D eigenvalue weighted by Crippen LogP contribution is 2.28. The largest absolute Gasteiger partial charge is 0.394 e. The Morgan fingerprint density at radius 1 is 1.16 bits per heavy atom. The lowest BCUT2D eigenvalue weighted by Gasteiger charge is -2.18. The molecule has 0 saturated carbocycles. The van der Waals surface area contributed by atoms with Gasteiger partial charge in [-0.1, -0.05) is 81.3 Å². The van der Waals surface area contributed by atoms with Crippen LogP contribution in [0.15, 0.2) is 28.8 Å². The zero-order valence-electron chi connectivity index (χ0n) is 19.3. The number of aliphatic hydroxyl groups excluding tert-OH is 1. The van der Waals surface area contributed by atoms with Gasteiger partial charge in [-0.15, -0.1) is 0 Å². The van der Waals surface area contributed by atoms with Crippen LogP contribution in [0.25, 0.3) is 11.4 Å². The molecule has 0 spiro atoms. The Balaban J connectivity index is 1.44. The van der Waals surface area contributed by atoms with Crippen molar-refractivity contribution in [1.82, 2.24) is 15.0 Å². The SMILES string of the molecule is CCCCCCCCCCc1ccc(-c2noc([C@@H]3CCN(C(=O)C(N)CO)C3)n2)cc1. The Kier molecular flexibility index (Phi) is 9.68. The lowest BCUT2D eigenvalue weighted by molar-refractivity contribution is -0.132. The molecule has 0 bridgehead atoms. The van der Waals surface area contributed by atoms with Crippen LogP contribution in [0.1, 0.15) is 82.1 Å². The zero-order chi connectivity index (χ0) is 22.8. The molecule has 3 rings (SSSR count). The van der Waals surface area contributed by atoms with Gasteiger partial charge >= 0.3 is 0 Å². The van der Waals surface area contributed by atoms with E-state index in [1.807, 2.05) is 0 Å². The number of carbonyl (C=O) groups excluding carboxylic acids is 1. The summed E-state index contributed by atoms with van der Waals surface area (Å²) >= 11 is 0. The lowest BCUT2D eigenvalue weighted by Crippen LogP contribution is -2.44. The minimum atomic E-state index is -0.865. The molecule has 0 radical (unpaired) electrons. The highest BCUT2D eigenvalue weighted by molar-refractivity contribution is 5.82. The summed E-state index contributed by atoms with van der Waals surface area (Å²) < 4.78 is 5.50. The third kappa shape index (κ3) is 6.87. The van der Waals surface area contributed by atoms with E-state index in [9.17, 15) is 4.79 Å². The maximum Gasteiger partial charge on any atom is 0.241 e. The number of hydrogen-bond donors (Lipinski definition) is 2. The lowest BCUT2D eigenvalue weighted by atomic mass is 10.0. The number of aromatic nitrogens is 2. The van der Waals surface area contributed by atoms with Gasteiger partial charge in [-0.2, -0.15) is 4.98 Å². The van der Waals surface area contributed by atoms with Gasteiger partial charge in [0.1, 0.15) is 6.04 Å². The van der Waals surface area contributed by atoms with Gasteiger partial charge in [0.25, 0.3) is 0 Å². The van der Waals surface area contributed by atoms with Gasteiger partial charge in [0, 0.05) is 18.7 Å². The highest BCUT2D eigenvalue weighted by atomic mass is 16.5. The minimum absolute atomic E-state index is 0.00680. The van der Waals surface area contributed by atoms with E-state index in [0.717, 1.165) is 18.4 Å². The van der Waals surface area contributed by atoms with Crippen molar-refractivity contribution in [3.63, 3.8) is 0 Å². The summed E-state index contributed by atoms with van der Waals surface area (Å²) in [6, 6.07) is 7.55. The van der Waals surface area contributed by atoms with Crippen molar-refractivity contribution in [2.24, 2.45) is 5.73 Å². The molecule has 1 unspecified atom stereocenters. The molecule has 7 heteroatoms. The summed E-state index contributed by atoms with van der Waals surface area (Å²) in [5, 5.41) is 13.2. The molecule has 1 amide bonds. The average Bonchev–Trinajstić information content (AvgIpc) is 3.50. The fourth-order valence-electron chi connectivity index (χ4n) is 4.28. The molecule has 2 heterocycles.